The standard InChI is InChI=1S/C25H25N7O2/c26-22-15-24(28-16-27-22)34-20-12-10-18(11-13-20)29-25(33)30-23-14-21(17-6-4-5-7-17)31-32(23)19-8-2-1-3-9-19/h1-3,8-17H,4-7H2,(H2,26,27,28)(H2,29,30,33). The molecule has 2 amide bonds. The second-order valence-corrected chi connectivity index (χ2v) is 8.17. The molecule has 4 aromatic rings. The fourth-order valence-corrected chi connectivity index (χ4v) is 4.09. The van der Waals surface area contributed by atoms with Crippen LogP contribution in [0.3, 0.4) is 0 Å². The number of aromatic nitrogens is 4. The first-order chi connectivity index (χ1) is 16.6. The Hall–Kier alpha value is -4.40. The third-order valence-electron chi connectivity index (χ3n) is 5.74. The Morgan fingerprint density at radius 3 is 2.47 bits per heavy atom. The number of amides is 2. The van der Waals surface area contributed by atoms with Gasteiger partial charge in [0.2, 0.25) is 5.88 Å². The number of nitrogen functional groups attached to an aromatic ring is 1. The van der Waals surface area contributed by atoms with E-state index in [4.69, 9.17) is 15.6 Å². The Morgan fingerprint density at radius 1 is 0.971 bits per heavy atom. The molecular formula is C25H25N7O2. The highest BCUT2D eigenvalue weighted by Gasteiger charge is 2.22. The van der Waals surface area contributed by atoms with Crippen LogP contribution in [-0.2, 0) is 0 Å². The Morgan fingerprint density at radius 2 is 1.74 bits per heavy atom. The van der Waals surface area contributed by atoms with Crippen LogP contribution in [0, 0.1) is 0 Å². The number of ether oxygens (including phenoxy) is 1. The van der Waals surface area contributed by atoms with E-state index in [1.54, 1.807) is 28.9 Å². The second kappa shape index (κ2) is 9.62. The molecule has 172 valence electrons. The summed E-state index contributed by atoms with van der Waals surface area (Å²) in [6.07, 6.45) is 6.04. The summed E-state index contributed by atoms with van der Waals surface area (Å²) in [6.45, 7) is 0. The molecule has 2 aromatic carbocycles. The zero-order chi connectivity index (χ0) is 23.3. The number of para-hydroxylation sites is 1. The van der Waals surface area contributed by atoms with E-state index in [2.05, 4.69) is 20.6 Å². The predicted molar refractivity (Wildman–Crippen MR) is 130 cm³/mol. The minimum Gasteiger partial charge on any atom is -0.439 e. The molecule has 0 atom stereocenters. The summed E-state index contributed by atoms with van der Waals surface area (Å²) in [5.41, 5.74) is 8.18. The molecule has 2 aromatic heterocycles. The number of urea groups is 1. The summed E-state index contributed by atoms with van der Waals surface area (Å²) in [5, 5.41) is 10.6. The van der Waals surface area contributed by atoms with Gasteiger partial charge in [0, 0.05) is 23.7 Å². The van der Waals surface area contributed by atoms with Crippen LogP contribution in [0.2, 0.25) is 0 Å². The number of rotatable bonds is 6. The van der Waals surface area contributed by atoms with Crippen molar-refractivity contribution in [3.63, 3.8) is 0 Å². The van der Waals surface area contributed by atoms with Gasteiger partial charge in [0.05, 0.1) is 11.4 Å². The van der Waals surface area contributed by atoms with Crippen LogP contribution in [-0.4, -0.2) is 25.8 Å². The molecule has 1 aliphatic rings. The first kappa shape index (κ1) is 21.4. The average molecular weight is 456 g/mol. The third-order valence-corrected chi connectivity index (χ3v) is 5.74. The van der Waals surface area contributed by atoms with Gasteiger partial charge in [-0.2, -0.15) is 5.10 Å². The van der Waals surface area contributed by atoms with Gasteiger partial charge in [0.1, 0.15) is 23.7 Å². The number of nitrogens with two attached hydrogens (primary N) is 1. The average Bonchev–Trinajstić information content (AvgIpc) is 3.51. The predicted octanol–water partition coefficient (Wildman–Crippen LogP) is 5.34. The molecule has 0 saturated heterocycles. The Labute approximate surface area is 197 Å². The monoisotopic (exact) mass is 455 g/mol. The summed E-state index contributed by atoms with van der Waals surface area (Å²) in [7, 11) is 0. The lowest BCUT2D eigenvalue weighted by atomic mass is 10.0. The van der Waals surface area contributed by atoms with Crippen LogP contribution in [0.25, 0.3) is 5.69 Å². The van der Waals surface area contributed by atoms with E-state index in [-0.39, 0.29) is 6.03 Å². The molecule has 0 unspecified atom stereocenters. The Kier molecular flexibility index (Phi) is 6.07. The fraction of sp³-hybridized carbons (Fsp3) is 0.200. The maximum Gasteiger partial charge on any atom is 0.324 e. The highest BCUT2D eigenvalue weighted by atomic mass is 16.5. The zero-order valence-electron chi connectivity index (χ0n) is 18.5. The number of benzene rings is 2. The molecule has 1 aliphatic carbocycles. The minimum absolute atomic E-state index is 0.325. The van der Waals surface area contributed by atoms with Crippen molar-refractivity contribution in [2.75, 3.05) is 16.4 Å². The molecule has 0 bridgehead atoms. The summed E-state index contributed by atoms with van der Waals surface area (Å²) in [6, 6.07) is 19.9. The van der Waals surface area contributed by atoms with E-state index >= 15 is 0 Å². The lowest BCUT2D eigenvalue weighted by molar-refractivity contribution is 0.262. The van der Waals surface area contributed by atoms with Gasteiger partial charge < -0.3 is 15.8 Å². The van der Waals surface area contributed by atoms with Crippen LogP contribution in [0.1, 0.15) is 37.3 Å². The summed E-state index contributed by atoms with van der Waals surface area (Å²) < 4.78 is 7.45. The molecule has 0 radical (unpaired) electrons. The van der Waals surface area contributed by atoms with Gasteiger partial charge in [-0.05, 0) is 49.2 Å². The largest absolute Gasteiger partial charge is 0.439 e. The van der Waals surface area contributed by atoms with Crippen molar-refractivity contribution in [1.29, 1.82) is 0 Å². The third kappa shape index (κ3) is 4.98. The Balaban J connectivity index is 1.28. The van der Waals surface area contributed by atoms with E-state index in [1.807, 2.05) is 36.4 Å². The van der Waals surface area contributed by atoms with E-state index in [0.717, 1.165) is 24.2 Å². The molecule has 0 spiro atoms. The van der Waals surface area contributed by atoms with E-state index in [0.29, 0.717) is 34.9 Å². The van der Waals surface area contributed by atoms with Crippen molar-refractivity contribution in [3.8, 4) is 17.3 Å². The molecular weight excluding hydrogens is 430 g/mol. The number of carbonyl (C=O) groups is 1. The number of hydrogen-bond acceptors (Lipinski definition) is 6. The summed E-state index contributed by atoms with van der Waals surface area (Å²) >= 11 is 0. The number of carbonyl (C=O) groups excluding carboxylic acids is 1. The SMILES string of the molecule is Nc1cc(Oc2ccc(NC(=O)Nc3cc(C4CCCC4)nn3-c3ccccc3)cc2)ncn1. The molecule has 2 heterocycles. The maximum atomic E-state index is 12.8. The minimum atomic E-state index is -0.354. The van der Waals surface area contributed by atoms with Crippen LogP contribution < -0.4 is 21.1 Å². The molecule has 1 saturated carbocycles. The van der Waals surface area contributed by atoms with Crippen molar-refractivity contribution in [2.24, 2.45) is 0 Å². The molecule has 9 nitrogen and oxygen atoms in total. The van der Waals surface area contributed by atoms with Crippen molar-refractivity contribution in [2.45, 2.75) is 31.6 Å². The van der Waals surface area contributed by atoms with Crippen LogP contribution in [0.4, 0.5) is 22.1 Å². The van der Waals surface area contributed by atoms with Crippen LogP contribution in [0.15, 0.2) is 73.1 Å². The first-order valence-electron chi connectivity index (χ1n) is 11.2. The zero-order valence-corrected chi connectivity index (χ0v) is 18.5. The highest BCUT2D eigenvalue weighted by Crippen LogP contribution is 2.35. The topological polar surface area (TPSA) is 120 Å². The van der Waals surface area contributed by atoms with Crippen molar-refractivity contribution < 1.29 is 9.53 Å². The van der Waals surface area contributed by atoms with Crippen LogP contribution >= 0.6 is 0 Å². The van der Waals surface area contributed by atoms with Crippen LogP contribution in [0.5, 0.6) is 11.6 Å². The molecule has 0 aliphatic heterocycles. The van der Waals surface area contributed by atoms with Gasteiger partial charge in [-0.15, -0.1) is 0 Å². The van der Waals surface area contributed by atoms with E-state index in [9.17, 15) is 4.79 Å². The van der Waals surface area contributed by atoms with Gasteiger partial charge in [0.15, 0.2) is 0 Å². The fourth-order valence-electron chi connectivity index (χ4n) is 4.09. The number of hydrogen-bond donors (Lipinski definition) is 3. The van der Waals surface area contributed by atoms with Gasteiger partial charge >= 0.3 is 6.03 Å². The summed E-state index contributed by atoms with van der Waals surface area (Å²) in [5.74, 6) is 2.30. The normalized spacial score (nSPS) is 13.5. The smallest absolute Gasteiger partial charge is 0.324 e. The molecule has 34 heavy (non-hydrogen) atoms. The maximum absolute atomic E-state index is 12.8. The second-order valence-electron chi connectivity index (χ2n) is 8.17. The van der Waals surface area contributed by atoms with Gasteiger partial charge in [0.25, 0.3) is 0 Å². The molecule has 1 fully saturated rings. The lowest BCUT2D eigenvalue weighted by Gasteiger charge is -2.11. The van der Waals surface area contributed by atoms with E-state index < -0.39 is 0 Å². The lowest BCUT2D eigenvalue weighted by Crippen LogP contribution is -2.21. The summed E-state index contributed by atoms with van der Waals surface area (Å²) in [4.78, 5) is 20.6. The molecule has 4 N–H and O–H groups in total. The quantitative estimate of drug-likeness (QED) is 0.361. The number of nitrogens with zero attached hydrogens (tertiary/aromatic N) is 4. The van der Waals surface area contributed by atoms with Gasteiger partial charge in [-0.25, -0.2) is 19.4 Å². The number of anilines is 3. The van der Waals surface area contributed by atoms with Crippen molar-refractivity contribution in [3.05, 3.63) is 78.8 Å². The highest BCUT2D eigenvalue weighted by molar-refractivity contribution is 5.99. The van der Waals surface area contributed by atoms with E-state index in [1.165, 1.54) is 25.2 Å². The molecule has 9 heteroatoms. The van der Waals surface area contributed by atoms with Gasteiger partial charge in [-0.1, -0.05) is 31.0 Å². The Bertz CT molecular complexity index is 1270. The van der Waals surface area contributed by atoms with Crippen molar-refractivity contribution >= 4 is 23.4 Å². The van der Waals surface area contributed by atoms with Gasteiger partial charge in [-0.3, -0.25) is 5.32 Å². The number of nitrogens with one attached hydrogen (secondary N) is 2. The first-order valence-corrected chi connectivity index (χ1v) is 11.2. The molecule has 5 rings (SSSR count). The van der Waals surface area contributed by atoms with Crippen molar-refractivity contribution in [1.82, 2.24) is 19.7 Å².